The number of H-pyrrole nitrogens is 1. The van der Waals surface area contributed by atoms with Crippen LogP contribution in [0, 0.1) is 5.92 Å². The number of imidazole rings is 1. The Balaban J connectivity index is 1.56. The Morgan fingerprint density at radius 2 is 2.22 bits per heavy atom. The standard InChI is InChI=1S/C18H18N4O4S/c1-26-12-5-4-11(17(23)19-7-10-8-22(9-10)18(24)25)14-15(12)21-16(20-14)13-3-2-6-27-13/h2-6,10H,7-9H2,1H3,(H,19,23)(H,20,21)(H,24,25). The molecule has 1 saturated heterocycles. The van der Waals surface area contributed by atoms with Crippen LogP contribution in [0.2, 0.25) is 0 Å². The van der Waals surface area contributed by atoms with Crippen LogP contribution in [0.15, 0.2) is 29.6 Å². The summed E-state index contributed by atoms with van der Waals surface area (Å²) in [5.74, 6) is 1.21. The Hall–Kier alpha value is -3.07. The van der Waals surface area contributed by atoms with Gasteiger partial charge in [-0.2, -0.15) is 0 Å². The Morgan fingerprint density at radius 3 is 2.89 bits per heavy atom. The SMILES string of the molecule is COc1ccc(C(=O)NCC2CN(C(=O)O)C2)c2nc(-c3cccs3)[nH]c12. The molecular formula is C18H18N4O4S. The van der Waals surface area contributed by atoms with Crippen molar-refractivity contribution in [3.8, 4) is 16.5 Å². The lowest BCUT2D eigenvalue weighted by atomic mass is 10.0. The van der Waals surface area contributed by atoms with Crippen molar-refractivity contribution < 1.29 is 19.4 Å². The molecule has 0 radical (unpaired) electrons. The molecule has 4 rings (SSSR count). The number of benzene rings is 1. The smallest absolute Gasteiger partial charge is 0.407 e. The van der Waals surface area contributed by atoms with Crippen LogP contribution in [-0.4, -0.2) is 58.7 Å². The molecule has 140 valence electrons. The third-order valence-corrected chi connectivity index (χ3v) is 5.48. The van der Waals surface area contributed by atoms with Crippen molar-refractivity contribution in [1.82, 2.24) is 20.2 Å². The van der Waals surface area contributed by atoms with Gasteiger partial charge >= 0.3 is 6.09 Å². The number of likely N-dealkylation sites (tertiary alicyclic amines) is 1. The van der Waals surface area contributed by atoms with E-state index in [4.69, 9.17) is 9.84 Å². The van der Waals surface area contributed by atoms with E-state index in [1.54, 1.807) is 30.6 Å². The first-order valence-electron chi connectivity index (χ1n) is 8.43. The van der Waals surface area contributed by atoms with Crippen molar-refractivity contribution in [3.05, 3.63) is 35.2 Å². The second-order valence-corrected chi connectivity index (χ2v) is 7.31. The zero-order valence-corrected chi connectivity index (χ0v) is 15.4. The highest BCUT2D eigenvalue weighted by Gasteiger charge is 2.30. The number of nitrogens with zero attached hydrogens (tertiary/aromatic N) is 2. The second kappa shape index (κ2) is 6.92. The van der Waals surface area contributed by atoms with E-state index < -0.39 is 6.09 Å². The van der Waals surface area contributed by atoms with Gasteiger partial charge in [0.2, 0.25) is 0 Å². The van der Waals surface area contributed by atoms with Crippen molar-refractivity contribution in [2.75, 3.05) is 26.7 Å². The van der Waals surface area contributed by atoms with E-state index in [-0.39, 0.29) is 11.8 Å². The average molecular weight is 386 g/mol. The molecule has 0 aliphatic carbocycles. The van der Waals surface area contributed by atoms with Gasteiger partial charge in [-0.3, -0.25) is 4.79 Å². The highest BCUT2D eigenvalue weighted by atomic mass is 32.1. The van der Waals surface area contributed by atoms with Crippen LogP contribution in [0.3, 0.4) is 0 Å². The molecule has 2 amide bonds. The minimum atomic E-state index is -0.924. The largest absolute Gasteiger partial charge is 0.494 e. The van der Waals surface area contributed by atoms with Crippen LogP contribution >= 0.6 is 11.3 Å². The lowest BCUT2D eigenvalue weighted by Gasteiger charge is -2.37. The summed E-state index contributed by atoms with van der Waals surface area (Å²) in [6.45, 7) is 1.31. The minimum Gasteiger partial charge on any atom is -0.494 e. The predicted octanol–water partition coefficient (Wildman–Crippen LogP) is 2.64. The van der Waals surface area contributed by atoms with Gasteiger partial charge in [0.05, 0.1) is 17.6 Å². The van der Waals surface area contributed by atoms with Gasteiger partial charge in [0.25, 0.3) is 5.91 Å². The second-order valence-electron chi connectivity index (χ2n) is 6.37. The number of hydrogen-bond acceptors (Lipinski definition) is 5. The first kappa shape index (κ1) is 17.3. The number of carbonyl (C=O) groups is 2. The number of amides is 2. The molecule has 8 nitrogen and oxygen atoms in total. The van der Waals surface area contributed by atoms with E-state index in [1.165, 1.54) is 4.90 Å². The topological polar surface area (TPSA) is 108 Å². The van der Waals surface area contributed by atoms with Gasteiger partial charge in [0.15, 0.2) is 0 Å². The van der Waals surface area contributed by atoms with Crippen LogP contribution in [0.25, 0.3) is 21.7 Å². The lowest BCUT2D eigenvalue weighted by molar-refractivity contribution is 0.0769. The van der Waals surface area contributed by atoms with Crippen LogP contribution in [0.4, 0.5) is 4.79 Å². The number of methoxy groups -OCH3 is 1. The van der Waals surface area contributed by atoms with E-state index in [2.05, 4.69) is 15.3 Å². The van der Waals surface area contributed by atoms with Crippen LogP contribution in [-0.2, 0) is 0 Å². The van der Waals surface area contributed by atoms with Crippen LogP contribution in [0.1, 0.15) is 10.4 Å². The number of ether oxygens (including phenoxy) is 1. The van der Waals surface area contributed by atoms with Crippen molar-refractivity contribution in [2.24, 2.45) is 5.92 Å². The molecule has 0 bridgehead atoms. The lowest BCUT2D eigenvalue weighted by Crippen LogP contribution is -2.53. The Bertz CT molecular complexity index is 992. The fourth-order valence-corrected chi connectivity index (χ4v) is 3.81. The number of carboxylic acid groups (broad SMARTS) is 1. The summed E-state index contributed by atoms with van der Waals surface area (Å²) < 4.78 is 5.39. The number of thiophene rings is 1. The number of rotatable bonds is 5. The molecule has 0 spiro atoms. The number of nitrogens with one attached hydrogen (secondary N) is 2. The minimum absolute atomic E-state index is 0.139. The number of aromatic amines is 1. The van der Waals surface area contributed by atoms with E-state index in [0.717, 1.165) is 4.88 Å². The Morgan fingerprint density at radius 1 is 1.41 bits per heavy atom. The molecule has 1 aliphatic heterocycles. The summed E-state index contributed by atoms with van der Waals surface area (Å²) in [6, 6.07) is 7.33. The molecule has 3 N–H and O–H groups in total. The molecule has 3 aromatic rings. The summed E-state index contributed by atoms with van der Waals surface area (Å²) in [6.07, 6.45) is -0.924. The van der Waals surface area contributed by atoms with Crippen molar-refractivity contribution in [3.63, 3.8) is 0 Å². The van der Waals surface area contributed by atoms with Gasteiger partial charge in [-0.25, -0.2) is 9.78 Å². The predicted molar refractivity (Wildman–Crippen MR) is 101 cm³/mol. The number of aromatic nitrogens is 2. The molecule has 1 aliphatic rings. The highest BCUT2D eigenvalue weighted by Crippen LogP contribution is 2.31. The summed E-state index contributed by atoms with van der Waals surface area (Å²) in [7, 11) is 1.57. The zero-order chi connectivity index (χ0) is 19.0. The summed E-state index contributed by atoms with van der Waals surface area (Å²) >= 11 is 1.56. The first-order valence-corrected chi connectivity index (χ1v) is 9.31. The van der Waals surface area contributed by atoms with Crippen molar-refractivity contribution >= 4 is 34.4 Å². The molecule has 0 atom stereocenters. The van der Waals surface area contributed by atoms with E-state index >= 15 is 0 Å². The van der Waals surface area contributed by atoms with E-state index in [1.807, 2.05) is 17.5 Å². The molecule has 3 heterocycles. The molecule has 9 heteroatoms. The summed E-state index contributed by atoms with van der Waals surface area (Å²) in [5, 5.41) is 13.7. The molecular weight excluding hydrogens is 368 g/mol. The van der Waals surface area contributed by atoms with Gasteiger partial charge in [-0.1, -0.05) is 6.07 Å². The summed E-state index contributed by atoms with van der Waals surface area (Å²) in [4.78, 5) is 33.6. The molecule has 27 heavy (non-hydrogen) atoms. The quantitative estimate of drug-likeness (QED) is 0.625. The Kier molecular flexibility index (Phi) is 4.44. The maximum Gasteiger partial charge on any atom is 0.407 e. The normalized spacial score (nSPS) is 14.2. The third kappa shape index (κ3) is 3.21. The molecule has 0 unspecified atom stereocenters. The summed E-state index contributed by atoms with van der Waals surface area (Å²) in [5.41, 5.74) is 1.68. The van der Waals surface area contributed by atoms with Gasteiger partial charge in [0.1, 0.15) is 22.6 Å². The van der Waals surface area contributed by atoms with Gasteiger partial charge < -0.3 is 25.0 Å². The maximum atomic E-state index is 12.7. The van der Waals surface area contributed by atoms with Crippen molar-refractivity contribution in [1.29, 1.82) is 0 Å². The zero-order valence-electron chi connectivity index (χ0n) is 14.6. The van der Waals surface area contributed by atoms with Crippen LogP contribution in [0.5, 0.6) is 5.75 Å². The van der Waals surface area contributed by atoms with Gasteiger partial charge in [-0.15, -0.1) is 11.3 Å². The fourth-order valence-electron chi connectivity index (χ4n) is 3.14. The maximum absolute atomic E-state index is 12.7. The number of hydrogen-bond donors (Lipinski definition) is 3. The van der Waals surface area contributed by atoms with E-state index in [9.17, 15) is 9.59 Å². The fraction of sp³-hybridized carbons (Fsp3) is 0.278. The number of fused-ring (bicyclic) bond motifs is 1. The highest BCUT2D eigenvalue weighted by molar-refractivity contribution is 7.13. The van der Waals surface area contributed by atoms with Crippen LogP contribution < -0.4 is 10.1 Å². The molecule has 1 fully saturated rings. The van der Waals surface area contributed by atoms with E-state index in [0.29, 0.717) is 47.8 Å². The molecule has 2 aromatic heterocycles. The number of carbonyl (C=O) groups excluding carboxylic acids is 1. The van der Waals surface area contributed by atoms with Gasteiger partial charge in [-0.05, 0) is 23.6 Å². The molecule has 1 aromatic carbocycles. The first-order chi connectivity index (χ1) is 13.1. The monoisotopic (exact) mass is 386 g/mol. The Labute approximate surface area is 158 Å². The van der Waals surface area contributed by atoms with Gasteiger partial charge in [0, 0.05) is 25.6 Å². The average Bonchev–Trinajstić information content (AvgIpc) is 3.28. The molecule has 0 saturated carbocycles. The van der Waals surface area contributed by atoms with Crippen molar-refractivity contribution in [2.45, 2.75) is 0 Å². The third-order valence-electron chi connectivity index (χ3n) is 4.60.